The van der Waals surface area contributed by atoms with Gasteiger partial charge >= 0.3 is 0 Å². The molecule has 31 heavy (non-hydrogen) atoms. The second kappa shape index (κ2) is 14.7. The second-order valence-corrected chi connectivity index (χ2v) is 7.64. The Kier molecular flexibility index (Phi) is 12.7. The smallest absolute Gasteiger partial charge is 0.219 e. The molecule has 0 unspecified atom stereocenters. The van der Waals surface area contributed by atoms with E-state index in [9.17, 15) is 4.79 Å². The number of allylic oxidation sites excluding steroid dienone is 1. The third-order valence-electron chi connectivity index (χ3n) is 4.96. The number of hydrogen-bond donors (Lipinski definition) is 1. The van der Waals surface area contributed by atoms with E-state index in [1.807, 2.05) is 31.7 Å². The van der Waals surface area contributed by atoms with Crippen molar-refractivity contribution in [2.45, 2.75) is 54.4 Å². The molecule has 0 aliphatic carbocycles. The molecule has 2 heterocycles. The van der Waals surface area contributed by atoms with Crippen molar-refractivity contribution in [3.8, 4) is 5.88 Å². The summed E-state index contributed by atoms with van der Waals surface area (Å²) < 4.78 is 6.02. The van der Waals surface area contributed by atoms with E-state index in [-0.39, 0.29) is 5.91 Å². The lowest BCUT2D eigenvalue weighted by Crippen LogP contribution is -2.48. The first-order valence-corrected chi connectivity index (χ1v) is 11.7. The highest BCUT2D eigenvalue weighted by atomic mass is 16.5. The van der Waals surface area contributed by atoms with Crippen molar-refractivity contribution in [2.75, 3.05) is 62.6 Å². The molecule has 0 bridgehead atoms. The third kappa shape index (κ3) is 9.59. The molecule has 1 N–H and O–H groups in total. The summed E-state index contributed by atoms with van der Waals surface area (Å²) >= 11 is 0. The highest BCUT2D eigenvalue weighted by Gasteiger charge is 2.18. The maximum atomic E-state index is 11.5. The largest absolute Gasteiger partial charge is 0.476 e. The Balaban J connectivity index is 0.00000233. The molecule has 1 fully saturated rings. The fourth-order valence-electron chi connectivity index (χ4n) is 3.51. The molecule has 0 radical (unpaired) electrons. The first-order valence-electron chi connectivity index (χ1n) is 11.7. The van der Waals surface area contributed by atoms with E-state index < -0.39 is 0 Å². The van der Waals surface area contributed by atoms with Gasteiger partial charge in [-0.25, -0.2) is 0 Å². The standard InChI is InChI=1S/C22H37N5O2.C2H6/c1-6-8-27(9-7-2)20-16-21(23-18(3)4)24-22(17-20)29-15-14-25-10-12-26(13-11-25)19(5)28;1-2/h16-17H,3,6-15H2,1-2,4-5H3,(H,23,24);1-2H3. The van der Waals surface area contributed by atoms with Gasteiger partial charge in [0.05, 0.1) is 0 Å². The normalized spacial score (nSPS) is 13.8. The summed E-state index contributed by atoms with van der Waals surface area (Å²) in [6.07, 6.45) is 2.18. The molecule has 1 amide bonds. The van der Waals surface area contributed by atoms with E-state index in [0.717, 1.165) is 75.9 Å². The lowest BCUT2D eigenvalue weighted by Gasteiger charge is -2.34. The number of hydrogen-bond acceptors (Lipinski definition) is 6. The number of amides is 1. The quantitative estimate of drug-likeness (QED) is 0.564. The van der Waals surface area contributed by atoms with Crippen molar-refractivity contribution in [1.82, 2.24) is 14.8 Å². The Morgan fingerprint density at radius 2 is 1.74 bits per heavy atom. The van der Waals surface area contributed by atoms with Crippen molar-refractivity contribution < 1.29 is 9.53 Å². The number of rotatable bonds is 11. The van der Waals surface area contributed by atoms with E-state index in [2.05, 4.69) is 46.6 Å². The van der Waals surface area contributed by atoms with Crippen LogP contribution in [0.4, 0.5) is 11.5 Å². The van der Waals surface area contributed by atoms with Crippen LogP contribution in [0, 0.1) is 0 Å². The number of pyridine rings is 1. The van der Waals surface area contributed by atoms with Gasteiger partial charge < -0.3 is 19.9 Å². The van der Waals surface area contributed by atoms with Crippen LogP contribution in [-0.2, 0) is 4.79 Å². The molecule has 1 aliphatic rings. The zero-order chi connectivity index (χ0) is 23.2. The first-order chi connectivity index (χ1) is 14.9. The average Bonchev–Trinajstić information content (AvgIpc) is 2.75. The van der Waals surface area contributed by atoms with Crippen molar-refractivity contribution in [3.05, 3.63) is 24.4 Å². The number of carbonyl (C=O) groups is 1. The van der Waals surface area contributed by atoms with Gasteiger partial charge in [0.1, 0.15) is 12.4 Å². The predicted octanol–water partition coefficient (Wildman–Crippen LogP) is 4.22. The maximum Gasteiger partial charge on any atom is 0.219 e. The van der Waals surface area contributed by atoms with Crippen LogP contribution in [0.5, 0.6) is 5.88 Å². The molecule has 0 aromatic carbocycles. The molecule has 1 aromatic heterocycles. The van der Waals surface area contributed by atoms with Crippen LogP contribution in [0.25, 0.3) is 0 Å². The van der Waals surface area contributed by atoms with Gasteiger partial charge in [-0.2, -0.15) is 4.98 Å². The average molecular weight is 434 g/mol. The Hall–Kier alpha value is -2.28. The number of piperazine rings is 1. The molecule has 1 aliphatic heterocycles. The molecule has 2 rings (SSSR count). The van der Waals surface area contributed by atoms with Crippen LogP contribution in [0.1, 0.15) is 54.4 Å². The Bertz CT molecular complexity index is 666. The summed E-state index contributed by atoms with van der Waals surface area (Å²) in [4.78, 5) is 22.7. The van der Waals surface area contributed by atoms with E-state index >= 15 is 0 Å². The molecule has 0 atom stereocenters. The van der Waals surface area contributed by atoms with Gasteiger partial charge in [-0.3, -0.25) is 9.69 Å². The molecule has 7 nitrogen and oxygen atoms in total. The van der Waals surface area contributed by atoms with Gasteiger partial charge in [0.15, 0.2) is 0 Å². The molecular formula is C24H43N5O2. The summed E-state index contributed by atoms with van der Waals surface area (Å²) in [5, 5.41) is 3.22. The van der Waals surface area contributed by atoms with Crippen LogP contribution < -0.4 is 15.0 Å². The SMILES string of the molecule is C=C(C)Nc1cc(N(CCC)CCC)cc(OCCN2CCN(C(C)=O)CC2)n1.CC. The number of carbonyl (C=O) groups excluding carboxylic acids is 1. The summed E-state index contributed by atoms with van der Waals surface area (Å²) in [6.45, 7) is 22.6. The van der Waals surface area contributed by atoms with Crippen LogP contribution in [-0.4, -0.2) is 73.1 Å². The molecule has 0 spiro atoms. The van der Waals surface area contributed by atoms with Crippen LogP contribution in [0.15, 0.2) is 24.4 Å². The second-order valence-electron chi connectivity index (χ2n) is 7.64. The first kappa shape index (κ1) is 26.8. The molecule has 1 saturated heterocycles. The minimum absolute atomic E-state index is 0.156. The number of nitrogens with zero attached hydrogens (tertiary/aromatic N) is 4. The van der Waals surface area contributed by atoms with E-state index in [0.29, 0.717) is 12.5 Å². The number of anilines is 2. The van der Waals surface area contributed by atoms with Gasteiger partial charge in [-0.15, -0.1) is 0 Å². The Labute approximate surface area is 189 Å². The van der Waals surface area contributed by atoms with Crippen molar-refractivity contribution in [1.29, 1.82) is 0 Å². The molecule has 176 valence electrons. The summed E-state index contributed by atoms with van der Waals surface area (Å²) in [5.74, 6) is 1.55. The summed E-state index contributed by atoms with van der Waals surface area (Å²) in [7, 11) is 0. The Morgan fingerprint density at radius 1 is 1.13 bits per heavy atom. The van der Waals surface area contributed by atoms with Crippen molar-refractivity contribution in [3.63, 3.8) is 0 Å². The molecule has 1 aromatic rings. The van der Waals surface area contributed by atoms with Gasteiger partial charge in [0.25, 0.3) is 0 Å². The zero-order valence-electron chi connectivity index (χ0n) is 20.5. The third-order valence-corrected chi connectivity index (χ3v) is 4.96. The van der Waals surface area contributed by atoms with Gasteiger partial charge in [0.2, 0.25) is 11.8 Å². The number of aromatic nitrogens is 1. The predicted molar refractivity (Wildman–Crippen MR) is 131 cm³/mol. The minimum atomic E-state index is 0.156. The maximum absolute atomic E-state index is 11.5. The zero-order valence-corrected chi connectivity index (χ0v) is 20.5. The number of ether oxygens (including phenoxy) is 1. The molecular weight excluding hydrogens is 390 g/mol. The Morgan fingerprint density at radius 3 is 2.26 bits per heavy atom. The van der Waals surface area contributed by atoms with E-state index in [1.54, 1.807) is 6.92 Å². The highest BCUT2D eigenvalue weighted by Crippen LogP contribution is 2.25. The van der Waals surface area contributed by atoms with Gasteiger partial charge in [-0.1, -0.05) is 34.3 Å². The van der Waals surface area contributed by atoms with Crippen LogP contribution >= 0.6 is 0 Å². The summed E-state index contributed by atoms with van der Waals surface area (Å²) in [6, 6.07) is 4.09. The van der Waals surface area contributed by atoms with Gasteiger partial charge in [-0.05, 0) is 19.8 Å². The van der Waals surface area contributed by atoms with Crippen molar-refractivity contribution >= 4 is 17.4 Å². The summed E-state index contributed by atoms with van der Waals surface area (Å²) in [5.41, 5.74) is 1.97. The highest BCUT2D eigenvalue weighted by molar-refractivity contribution is 5.73. The lowest BCUT2D eigenvalue weighted by molar-refractivity contribution is -0.130. The van der Waals surface area contributed by atoms with Crippen LogP contribution in [0.2, 0.25) is 0 Å². The van der Waals surface area contributed by atoms with Crippen LogP contribution in [0.3, 0.4) is 0 Å². The monoisotopic (exact) mass is 433 g/mol. The fourth-order valence-corrected chi connectivity index (χ4v) is 3.51. The molecule has 0 saturated carbocycles. The van der Waals surface area contributed by atoms with Gasteiger partial charge in [0, 0.05) is 76.3 Å². The number of nitrogens with one attached hydrogen (secondary N) is 1. The lowest BCUT2D eigenvalue weighted by atomic mass is 10.2. The fraction of sp³-hybridized carbons (Fsp3) is 0.667. The topological polar surface area (TPSA) is 60.9 Å². The van der Waals surface area contributed by atoms with E-state index in [4.69, 9.17) is 4.74 Å². The minimum Gasteiger partial charge on any atom is -0.476 e. The van der Waals surface area contributed by atoms with Crippen molar-refractivity contribution in [2.24, 2.45) is 0 Å². The van der Waals surface area contributed by atoms with E-state index in [1.165, 1.54) is 0 Å². The molecule has 7 heteroatoms.